The SMILES string of the molecule is COc1ccc(-c2nc(CC(=O)N3CCC(N)CC3)cs2)cc1OC.Cl.Cl. The lowest BCUT2D eigenvalue weighted by molar-refractivity contribution is -0.131. The molecule has 1 aliphatic heterocycles. The fraction of sp³-hybridized carbons (Fsp3) is 0.444. The largest absolute Gasteiger partial charge is 0.493 e. The van der Waals surface area contributed by atoms with Crippen LogP contribution < -0.4 is 15.2 Å². The van der Waals surface area contributed by atoms with Gasteiger partial charge in [-0.2, -0.15) is 0 Å². The number of piperidine rings is 1. The maximum atomic E-state index is 12.4. The van der Waals surface area contributed by atoms with Crippen LogP contribution in [0.4, 0.5) is 0 Å². The molecule has 0 atom stereocenters. The topological polar surface area (TPSA) is 77.7 Å². The van der Waals surface area contributed by atoms with Gasteiger partial charge < -0.3 is 20.1 Å². The lowest BCUT2D eigenvalue weighted by Gasteiger charge is -2.30. The van der Waals surface area contributed by atoms with Crippen molar-refractivity contribution in [2.24, 2.45) is 5.73 Å². The van der Waals surface area contributed by atoms with Gasteiger partial charge in [0.15, 0.2) is 11.5 Å². The fourth-order valence-electron chi connectivity index (χ4n) is 2.91. The van der Waals surface area contributed by atoms with Crippen LogP contribution in [0.1, 0.15) is 18.5 Å². The van der Waals surface area contributed by atoms with Gasteiger partial charge in [-0.3, -0.25) is 4.79 Å². The van der Waals surface area contributed by atoms with Gasteiger partial charge in [0.05, 0.1) is 26.3 Å². The van der Waals surface area contributed by atoms with E-state index < -0.39 is 0 Å². The highest BCUT2D eigenvalue weighted by molar-refractivity contribution is 7.13. The monoisotopic (exact) mass is 433 g/mol. The van der Waals surface area contributed by atoms with Crippen molar-refractivity contribution in [3.05, 3.63) is 29.3 Å². The fourth-order valence-corrected chi connectivity index (χ4v) is 3.72. The zero-order chi connectivity index (χ0) is 17.8. The Hall–Kier alpha value is -1.54. The number of hydrogen-bond donors (Lipinski definition) is 1. The number of likely N-dealkylation sites (tertiary alicyclic amines) is 1. The number of rotatable bonds is 5. The number of benzene rings is 1. The molecule has 2 N–H and O–H groups in total. The summed E-state index contributed by atoms with van der Waals surface area (Å²) < 4.78 is 10.6. The number of ether oxygens (including phenoxy) is 2. The van der Waals surface area contributed by atoms with Gasteiger partial charge in [0.2, 0.25) is 5.91 Å². The Balaban J connectivity index is 0.00000182. The lowest BCUT2D eigenvalue weighted by atomic mass is 10.1. The average molecular weight is 434 g/mol. The summed E-state index contributed by atoms with van der Waals surface area (Å²) in [4.78, 5) is 18.9. The molecule has 6 nitrogen and oxygen atoms in total. The molecule has 1 aromatic carbocycles. The van der Waals surface area contributed by atoms with Crippen molar-refractivity contribution in [3.63, 3.8) is 0 Å². The predicted octanol–water partition coefficient (Wildman–Crippen LogP) is 3.16. The first kappa shape index (κ1) is 23.5. The summed E-state index contributed by atoms with van der Waals surface area (Å²) in [5, 5.41) is 2.81. The molecule has 1 amide bonds. The van der Waals surface area contributed by atoms with Crippen LogP contribution in [0.25, 0.3) is 10.6 Å². The minimum atomic E-state index is 0. The zero-order valence-electron chi connectivity index (χ0n) is 15.3. The van der Waals surface area contributed by atoms with E-state index in [1.54, 1.807) is 14.2 Å². The molecule has 1 saturated heterocycles. The Kier molecular flexibility index (Phi) is 9.32. The number of carbonyl (C=O) groups is 1. The van der Waals surface area contributed by atoms with Crippen molar-refractivity contribution in [3.8, 4) is 22.1 Å². The summed E-state index contributed by atoms with van der Waals surface area (Å²) in [7, 11) is 3.22. The van der Waals surface area contributed by atoms with Crippen molar-refractivity contribution in [1.82, 2.24) is 9.88 Å². The lowest BCUT2D eigenvalue weighted by Crippen LogP contribution is -2.43. The summed E-state index contributed by atoms with van der Waals surface area (Å²) in [6, 6.07) is 5.92. The smallest absolute Gasteiger partial charge is 0.228 e. The Bertz CT molecular complexity index is 749. The van der Waals surface area contributed by atoms with E-state index in [1.165, 1.54) is 11.3 Å². The third-order valence-corrected chi connectivity index (χ3v) is 5.35. The standard InChI is InChI=1S/C18H23N3O3S.2ClH/c1-23-15-4-3-12(9-16(15)24-2)18-20-14(11-25-18)10-17(22)21-7-5-13(19)6-8-21;;/h3-4,9,11,13H,5-8,10,19H2,1-2H3;2*1H. The molecular formula is C18H25Cl2N3O3S. The van der Waals surface area contributed by atoms with Crippen LogP contribution in [0.3, 0.4) is 0 Å². The normalized spacial score (nSPS) is 14.1. The van der Waals surface area contributed by atoms with E-state index >= 15 is 0 Å². The molecule has 1 aromatic heterocycles. The molecule has 150 valence electrons. The number of thiazole rings is 1. The maximum Gasteiger partial charge on any atom is 0.228 e. The average Bonchev–Trinajstić information content (AvgIpc) is 3.10. The van der Waals surface area contributed by atoms with Crippen LogP contribution in [0.5, 0.6) is 11.5 Å². The summed E-state index contributed by atoms with van der Waals surface area (Å²) in [6.45, 7) is 1.49. The number of halogens is 2. The highest BCUT2D eigenvalue weighted by Crippen LogP contribution is 2.33. The first-order chi connectivity index (χ1) is 12.1. The second-order valence-electron chi connectivity index (χ2n) is 6.11. The minimum absolute atomic E-state index is 0. The molecule has 9 heteroatoms. The van der Waals surface area contributed by atoms with E-state index in [0.29, 0.717) is 17.9 Å². The predicted molar refractivity (Wildman–Crippen MR) is 113 cm³/mol. The Morgan fingerprint density at radius 3 is 2.52 bits per heavy atom. The molecule has 0 unspecified atom stereocenters. The highest BCUT2D eigenvalue weighted by atomic mass is 35.5. The van der Waals surface area contributed by atoms with E-state index in [2.05, 4.69) is 4.98 Å². The summed E-state index contributed by atoms with van der Waals surface area (Å²) in [5.74, 6) is 1.47. The van der Waals surface area contributed by atoms with Gasteiger partial charge in [-0.1, -0.05) is 0 Å². The van der Waals surface area contributed by atoms with Crippen molar-refractivity contribution in [2.75, 3.05) is 27.3 Å². The van der Waals surface area contributed by atoms with E-state index in [1.807, 2.05) is 28.5 Å². The second kappa shape index (κ2) is 10.7. The van der Waals surface area contributed by atoms with Crippen LogP contribution >= 0.6 is 36.2 Å². The van der Waals surface area contributed by atoms with Crippen LogP contribution in [0, 0.1) is 0 Å². The van der Waals surface area contributed by atoms with E-state index in [0.717, 1.165) is 42.2 Å². The van der Waals surface area contributed by atoms with Gasteiger partial charge in [0, 0.05) is 30.1 Å². The third kappa shape index (κ3) is 5.72. The third-order valence-electron chi connectivity index (χ3n) is 4.41. The van der Waals surface area contributed by atoms with Crippen LogP contribution in [-0.2, 0) is 11.2 Å². The van der Waals surface area contributed by atoms with E-state index in [9.17, 15) is 4.79 Å². The van der Waals surface area contributed by atoms with Gasteiger partial charge in [0.25, 0.3) is 0 Å². The maximum absolute atomic E-state index is 12.4. The Morgan fingerprint density at radius 2 is 1.89 bits per heavy atom. The molecule has 2 heterocycles. The molecule has 1 aliphatic rings. The van der Waals surface area contributed by atoms with Crippen molar-refractivity contribution in [1.29, 1.82) is 0 Å². The van der Waals surface area contributed by atoms with Crippen molar-refractivity contribution in [2.45, 2.75) is 25.3 Å². The second-order valence-corrected chi connectivity index (χ2v) is 6.97. The van der Waals surface area contributed by atoms with Gasteiger partial charge in [0.1, 0.15) is 5.01 Å². The molecular weight excluding hydrogens is 409 g/mol. The molecule has 0 radical (unpaired) electrons. The van der Waals surface area contributed by atoms with Gasteiger partial charge >= 0.3 is 0 Å². The number of nitrogens with two attached hydrogens (primary N) is 1. The van der Waals surface area contributed by atoms with Crippen molar-refractivity contribution < 1.29 is 14.3 Å². The molecule has 2 aromatic rings. The Morgan fingerprint density at radius 1 is 1.22 bits per heavy atom. The first-order valence-electron chi connectivity index (χ1n) is 8.31. The number of amides is 1. The van der Waals surface area contributed by atoms with Gasteiger partial charge in [-0.15, -0.1) is 36.2 Å². The van der Waals surface area contributed by atoms with Gasteiger partial charge in [-0.25, -0.2) is 4.98 Å². The number of methoxy groups -OCH3 is 2. The first-order valence-corrected chi connectivity index (χ1v) is 9.19. The van der Waals surface area contributed by atoms with E-state index in [4.69, 9.17) is 15.2 Å². The quantitative estimate of drug-likeness (QED) is 0.782. The molecule has 1 fully saturated rings. The number of hydrogen-bond acceptors (Lipinski definition) is 6. The molecule has 0 bridgehead atoms. The van der Waals surface area contributed by atoms with Crippen molar-refractivity contribution >= 4 is 42.1 Å². The number of carbonyl (C=O) groups excluding carboxylic acids is 1. The molecule has 0 aliphatic carbocycles. The number of nitrogens with zero attached hydrogens (tertiary/aromatic N) is 2. The zero-order valence-corrected chi connectivity index (χ0v) is 17.8. The van der Waals surface area contributed by atoms with Gasteiger partial charge in [-0.05, 0) is 31.0 Å². The van der Waals surface area contributed by atoms with Crippen LogP contribution in [0.15, 0.2) is 23.6 Å². The number of aromatic nitrogens is 1. The highest BCUT2D eigenvalue weighted by Gasteiger charge is 2.21. The molecule has 0 saturated carbocycles. The summed E-state index contributed by atoms with van der Waals surface area (Å²) in [5.41, 5.74) is 7.64. The molecule has 0 spiro atoms. The summed E-state index contributed by atoms with van der Waals surface area (Å²) >= 11 is 1.53. The minimum Gasteiger partial charge on any atom is -0.493 e. The summed E-state index contributed by atoms with van der Waals surface area (Å²) in [6.07, 6.45) is 2.08. The molecule has 3 rings (SSSR count). The molecule has 27 heavy (non-hydrogen) atoms. The van der Waals surface area contributed by atoms with Crippen LogP contribution in [-0.4, -0.2) is 49.1 Å². The van der Waals surface area contributed by atoms with E-state index in [-0.39, 0.29) is 36.8 Å². The van der Waals surface area contributed by atoms with Crippen LogP contribution in [0.2, 0.25) is 0 Å². The Labute approximate surface area is 175 Å².